The minimum Gasteiger partial charge on any atom is -0.376 e. The zero-order valence-electron chi connectivity index (χ0n) is 15.7. The molecule has 1 saturated heterocycles. The molecule has 1 amide bonds. The standard InChI is InChI=1S/C20H21N5O3/c1-24-16-9-10-27-12-15(16)18(22-24)20-21-19(23-28-20)13-7-8-17(26)25(11-13)14-5-3-2-4-6-14/h2-6,13H,7-12H2,1H3. The van der Waals surface area contributed by atoms with Gasteiger partial charge in [-0.3, -0.25) is 9.48 Å². The Morgan fingerprint density at radius 3 is 2.89 bits per heavy atom. The molecular formula is C20H21N5O3. The third kappa shape index (κ3) is 2.90. The molecular weight excluding hydrogens is 358 g/mol. The summed E-state index contributed by atoms with van der Waals surface area (Å²) >= 11 is 0. The van der Waals surface area contributed by atoms with E-state index < -0.39 is 0 Å². The lowest BCUT2D eigenvalue weighted by Gasteiger charge is -2.31. The van der Waals surface area contributed by atoms with E-state index in [0.717, 1.165) is 23.4 Å². The molecule has 2 aliphatic rings. The van der Waals surface area contributed by atoms with Crippen molar-refractivity contribution < 1.29 is 14.1 Å². The average Bonchev–Trinajstić information content (AvgIpc) is 3.34. The molecule has 0 N–H and O–H groups in total. The van der Waals surface area contributed by atoms with Crippen molar-refractivity contribution in [3.8, 4) is 11.6 Å². The molecule has 3 aromatic rings. The van der Waals surface area contributed by atoms with E-state index in [2.05, 4.69) is 15.2 Å². The summed E-state index contributed by atoms with van der Waals surface area (Å²) in [6.45, 7) is 1.76. The Kier molecular flexibility index (Phi) is 4.20. The minimum absolute atomic E-state index is 0.0335. The number of piperidine rings is 1. The molecule has 1 fully saturated rings. The summed E-state index contributed by atoms with van der Waals surface area (Å²) in [7, 11) is 1.93. The summed E-state index contributed by atoms with van der Waals surface area (Å²) in [5.74, 6) is 1.20. The molecule has 28 heavy (non-hydrogen) atoms. The van der Waals surface area contributed by atoms with Crippen molar-refractivity contribution in [1.29, 1.82) is 0 Å². The highest BCUT2D eigenvalue weighted by atomic mass is 16.5. The number of carbonyl (C=O) groups is 1. The van der Waals surface area contributed by atoms with Crippen LogP contribution in [-0.2, 0) is 29.6 Å². The van der Waals surface area contributed by atoms with Gasteiger partial charge in [-0.15, -0.1) is 0 Å². The van der Waals surface area contributed by atoms with Gasteiger partial charge in [0.05, 0.1) is 13.2 Å². The van der Waals surface area contributed by atoms with E-state index in [1.165, 1.54) is 0 Å². The Hall–Kier alpha value is -3.00. The van der Waals surface area contributed by atoms with Gasteiger partial charge in [0.2, 0.25) is 5.91 Å². The number of nitrogens with zero attached hydrogens (tertiary/aromatic N) is 5. The number of benzene rings is 1. The van der Waals surface area contributed by atoms with Crippen LogP contribution in [0.5, 0.6) is 0 Å². The summed E-state index contributed by atoms with van der Waals surface area (Å²) in [5, 5.41) is 8.78. The van der Waals surface area contributed by atoms with E-state index in [4.69, 9.17) is 9.26 Å². The summed E-state index contributed by atoms with van der Waals surface area (Å²) in [4.78, 5) is 18.8. The number of carbonyl (C=O) groups excluding carboxylic acids is 1. The van der Waals surface area contributed by atoms with Crippen molar-refractivity contribution >= 4 is 11.6 Å². The van der Waals surface area contributed by atoms with E-state index in [-0.39, 0.29) is 11.8 Å². The highest BCUT2D eigenvalue weighted by Gasteiger charge is 2.32. The monoisotopic (exact) mass is 379 g/mol. The molecule has 2 aromatic heterocycles. The van der Waals surface area contributed by atoms with Crippen LogP contribution in [0.4, 0.5) is 5.69 Å². The predicted molar refractivity (Wildman–Crippen MR) is 101 cm³/mol. The molecule has 0 aliphatic carbocycles. The normalized spacial score (nSPS) is 19.7. The van der Waals surface area contributed by atoms with Crippen LogP contribution in [0.25, 0.3) is 11.6 Å². The predicted octanol–water partition coefficient (Wildman–Crippen LogP) is 2.45. The number of hydrogen-bond acceptors (Lipinski definition) is 6. The molecule has 0 spiro atoms. The number of ether oxygens (including phenoxy) is 1. The Morgan fingerprint density at radius 1 is 1.18 bits per heavy atom. The molecule has 8 nitrogen and oxygen atoms in total. The molecule has 8 heteroatoms. The van der Waals surface area contributed by atoms with Crippen LogP contribution in [0, 0.1) is 0 Å². The second-order valence-electron chi connectivity index (χ2n) is 7.23. The van der Waals surface area contributed by atoms with Crippen LogP contribution in [0.1, 0.15) is 35.8 Å². The van der Waals surface area contributed by atoms with Gasteiger partial charge < -0.3 is 14.2 Å². The second kappa shape index (κ2) is 6.87. The van der Waals surface area contributed by atoms with Crippen LogP contribution >= 0.6 is 0 Å². The smallest absolute Gasteiger partial charge is 0.278 e. The summed E-state index contributed by atoms with van der Waals surface area (Å²) < 4.78 is 13.0. The number of fused-ring (bicyclic) bond motifs is 1. The molecule has 1 unspecified atom stereocenters. The maximum absolute atomic E-state index is 12.4. The quantitative estimate of drug-likeness (QED) is 0.695. The van der Waals surface area contributed by atoms with Gasteiger partial charge in [0.1, 0.15) is 0 Å². The third-order valence-electron chi connectivity index (χ3n) is 5.49. The van der Waals surface area contributed by atoms with E-state index in [9.17, 15) is 4.79 Å². The number of amides is 1. The Bertz CT molecular complexity index is 1010. The van der Waals surface area contributed by atoms with Gasteiger partial charge in [0.25, 0.3) is 5.89 Å². The van der Waals surface area contributed by atoms with E-state index >= 15 is 0 Å². The van der Waals surface area contributed by atoms with E-state index in [1.807, 2.05) is 42.1 Å². The van der Waals surface area contributed by atoms with E-state index in [0.29, 0.717) is 50.0 Å². The molecule has 4 heterocycles. The summed E-state index contributed by atoms with van der Waals surface area (Å²) in [6.07, 6.45) is 2.01. The first kappa shape index (κ1) is 17.1. The van der Waals surface area contributed by atoms with Crippen LogP contribution < -0.4 is 4.90 Å². The lowest BCUT2D eigenvalue weighted by Crippen LogP contribution is -2.39. The first-order valence-electron chi connectivity index (χ1n) is 9.52. The molecule has 0 radical (unpaired) electrons. The topological polar surface area (TPSA) is 86.3 Å². The zero-order chi connectivity index (χ0) is 19.1. The summed E-state index contributed by atoms with van der Waals surface area (Å²) in [5.41, 5.74) is 3.77. The second-order valence-corrected chi connectivity index (χ2v) is 7.23. The van der Waals surface area contributed by atoms with Gasteiger partial charge in [0, 0.05) is 49.3 Å². The SMILES string of the molecule is Cn1nc(-c2nc(C3CCC(=O)N(c4ccccc4)C3)no2)c2c1CCOC2. The first-order chi connectivity index (χ1) is 13.7. The highest BCUT2D eigenvalue weighted by molar-refractivity contribution is 5.94. The van der Waals surface area contributed by atoms with Gasteiger partial charge >= 0.3 is 0 Å². The Labute approximate surface area is 162 Å². The fraction of sp³-hybridized carbons (Fsp3) is 0.400. The molecule has 144 valence electrons. The highest BCUT2D eigenvalue weighted by Crippen LogP contribution is 2.32. The molecule has 5 rings (SSSR count). The van der Waals surface area contributed by atoms with Gasteiger partial charge in [-0.1, -0.05) is 23.4 Å². The molecule has 0 saturated carbocycles. The maximum Gasteiger partial charge on any atom is 0.278 e. The average molecular weight is 379 g/mol. The van der Waals surface area contributed by atoms with Gasteiger partial charge in [-0.05, 0) is 18.6 Å². The summed E-state index contributed by atoms with van der Waals surface area (Å²) in [6, 6.07) is 9.71. The van der Waals surface area contributed by atoms with E-state index in [1.54, 1.807) is 4.90 Å². The van der Waals surface area contributed by atoms with Gasteiger partial charge in [-0.25, -0.2) is 0 Å². The molecule has 0 bridgehead atoms. The number of para-hydroxylation sites is 1. The van der Waals surface area contributed by atoms with Crippen LogP contribution in [0.2, 0.25) is 0 Å². The maximum atomic E-state index is 12.4. The Balaban J connectivity index is 1.41. The molecule has 1 atom stereocenters. The van der Waals surface area contributed by atoms with Crippen LogP contribution in [0.15, 0.2) is 34.9 Å². The number of anilines is 1. The zero-order valence-corrected chi connectivity index (χ0v) is 15.7. The van der Waals surface area contributed by atoms with Crippen molar-refractivity contribution in [3.63, 3.8) is 0 Å². The van der Waals surface area contributed by atoms with Crippen molar-refractivity contribution in [2.75, 3.05) is 18.1 Å². The fourth-order valence-corrected chi connectivity index (χ4v) is 3.99. The van der Waals surface area contributed by atoms with Crippen molar-refractivity contribution in [2.45, 2.75) is 31.8 Å². The third-order valence-corrected chi connectivity index (χ3v) is 5.49. The fourth-order valence-electron chi connectivity index (χ4n) is 3.99. The number of aromatic nitrogens is 4. The lowest BCUT2D eigenvalue weighted by atomic mass is 9.96. The van der Waals surface area contributed by atoms with Crippen molar-refractivity contribution in [1.82, 2.24) is 19.9 Å². The molecule has 1 aromatic carbocycles. The largest absolute Gasteiger partial charge is 0.376 e. The molecule has 2 aliphatic heterocycles. The van der Waals surface area contributed by atoms with Crippen LogP contribution in [0.3, 0.4) is 0 Å². The first-order valence-corrected chi connectivity index (χ1v) is 9.52. The number of hydrogen-bond donors (Lipinski definition) is 0. The van der Waals surface area contributed by atoms with Crippen LogP contribution in [-0.4, -0.2) is 39.0 Å². The lowest BCUT2D eigenvalue weighted by molar-refractivity contribution is -0.119. The van der Waals surface area contributed by atoms with Gasteiger partial charge in [0.15, 0.2) is 11.5 Å². The van der Waals surface area contributed by atoms with Crippen molar-refractivity contribution in [2.24, 2.45) is 7.05 Å². The van der Waals surface area contributed by atoms with Crippen molar-refractivity contribution in [3.05, 3.63) is 47.4 Å². The minimum atomic E-state index is 0.0335. The number of aryl methyl sites for hydroxylation is 1. The number of rotatable bonds is 3. The van der Waals surface area contributed by atoms with Gasteiger partial charge in [-0.2, -0.15) is 10.1 Å². The Morgan fingerprint density at radius 2 is 2.04 bits per heavy atom.